The molecule has 0 radical (unpaired) electrons. The number of likely N-dealkylation sites (tertiary alicyclic amines) is 1. The lowest BCUT2D eigenvalue weighted by molar-refractivity contribution is -0.935. The first-order valence-corrected chi connectivity index (χ1v) is 10.5. The summed E-state index contributed by atoms with van der Waals surface area (Å²) in [6.07, 6.45) is 4.19. The number of ether oxygens (including phenoxy) is 1. The average molecular weight is 396 g/mol. The number of carbonyl (C=O) groups is 2. The number of piperidine rings is 1. The lowest BCUT2D eigenvalue weighted by atomic mass is 10.0. The fourth-order valence-electron chi connectivity index (χ4n) is 3.99. The number of benzene rings is 2. The van der Waals surface area contributed by atoms with Gasteiger partial charge in [-0.1, -0.05) is 30.3 Å². The van der Waals surface area contributed by atoms with Gasteiger partial charge in [0.2, 0.25) is 5.91 Å². The summed E-state index contributed by atoms with van der Waals surface area (Å²) in [4.78, 5) is 26.1. The maximum atomic E-state index is 12.4. The minimum Gasteiger partial charge on any atom is -0.497 e. The number of hydrogen-bond donors (Lipinski definition) is 2. The van der Waals surface area contributed by atoms with E-state index in [0.717, 1.165) is 18.8 Å². The molecule has 1 heterocycles. The standard InChI is InChI=1S/C24H30N2O3/c1-29-21-12-10-19(11-13-21)22(26-16-6-3-7-17-26)18-25-24(28)15-14-23(27)20-8-4-2-5-9-20/h2,4-5,8-13,22H,3,6-7,14-18H2,1H3,(H,25,28)/p+1/t22-/m1/s1. The van der Waals surface area contributed by atoms with E-state index >= 15 is 0 Å². The monoisotopic (exact) mass is 395 g/mol. The Morgan fingerprint density at radius 1 is 0.966 bits per heavy atom. The van der Waals surface area contributed by atoms with E-state index in [1.807, 2.05) is 30.3 Å². The quantitative estimate of drug-likeness (QED) is 0.642. The molecule has 2 aromatic carbocycles. The molecule has 0 saturated carbocycles. The lowest BCUT2D eigenvalue weighted by Gasteiger charge is -2.32. The molecular formula is C24H31N2O3+. The van der Waals surface area contributed by atoms with E-state index in [1.165, 1.54) is 29.7 Å². The molecule has 3 rings (SSSR count). The van der Waals surface area contributed by atoms with E-state index < -0.39 is 0 Å². The molecule has 1 aliphatic heterocycles. The van der Waals surface area contributed by atoms with Crippen molar-refractivity contribution in [2.75, 3.05) is 26.7 Å². The molecule has 154 valence electrons. The molecule has 2 aromatic rings. The van der Waals surface area contributed by atoms with Gasteiger partial charge in [-0.05, 0) is 43.5 Å². The van der Waals surface area contributed by atoms with Crippen LogP contribution in [0.4, 0.5) is 0 Å². The van der Waals surface area contributed by atoms with Crippen LogP contribution < -0.4 is 15.0 Å². The van der Waals surface area contributed by atoms with Gasteiger partial charge in [-0.15, -0.1) is 0 Å². The third-order valence-electron chi connectivity index (χ3n) is 5.68. The molecule has 1 fully saturated rings. The van der Waals surface area contributed by atoms with E-state index in [1.54, 1.807) is 19.2 Å². The van der Waals surface area contributed by atoms with Gasteiger partial charge in [0.05, 0.1) is 26.7 Å². The van der Waals surface area contributed by atoms with Crippen molar-refractivity contribution in [3.05, 3.63) is 65.7 Å². The van der Waals surface area contributed by atoms with E-state index in [0.29, 0.717) is 12.1 Å². The molecule has 2 N–H and O–H groups in total. The zero-order valence-corrected chi connectivity index (χ0v) is 17.2. The number of methoxy groups -OCH3 is 1. The highest BCUT2D eigenvalue weighted by Crippen LogP contribution is 2.16. The van der Waals surface area contributed by atoms with Crippen molar-refractivity contribution in [3.63, 3.8) is 0 Å². The van der Waals surface area contributed by atoms with Crippen LogP contribution in [-0.4, -0.2) is 38.4 Å². The molecule has 1 amide bonds. The summed E-state index contributed by atoms with van der Waals surface area (Å²) in [5.41, 5.74) is 1.87. The Hall–Kier alpha value is -2.66. The largest absolute Gasteiger partial charge is 0.497 e. The summed E-state index contributed by atoms with van der Waals surface area (Å²) >= 11 is 0. The van der Waals surface area contributed by atoms with Crippen molar-refractivity contribution >= 4 is 11.7 Å². The van der Waals surface area contributed by atoms with Crippen molar-refractivity contribution in [3.8, 4) is 5.75 Å². The Morgan fingerprint density at radius 2 is 1.66 bits per heavy atom. The molecule has 1 aliphatic rings. The highest BCUT2D eigenvalue weighted by atomic mass is 16.5. The number of carbonyl (C=O) groups excluding carboxylic acids is 2. The van der Waals surface area contributed by atoms with Crippen LogP contribution >= 0.6 is 0 Å². The van der Waals surface area contributed by atoms with Gasteiger partial charge in [0.1, 0.15) is 11.8 Å². The zero-order valence-electron chi connectivity index (χ0n) is 17.2. The summed E-state index contributed by atoms with van der Waals surface area (Å²) in [5.74, 6) is 0.780. The summed E-state index contributed by atoms with van der Waals surface area (Å²) in [7, 11) is 1.67. The first-order valence-electron chi connectivity index (χ1n) is 10.5. The first kappa shape index (κ1) is 21.1. The van der Waals surface area contributed by atoms with Gasteiger partial charge in [-0.2, -0.15) is 0 Å². The molecule has 0 unspecified atom stereocenters. The van der Waals surface area contributed by atoms with Gasteiger partial charge in [0.25, 0.3) is 0 Å². The fourth-order valence-corrected chi connectivity index (χ4v) is 3.99. The molecule has 0 aromatic heterocycles. The third-order valence-corrected chi connectivity index (χ3v) is 5.68. The Balaban J connectivity index is 1.57. The summed E-state index contributed by atoms with van der Waals surface area (Å²) in [6, 6.07) is 17.5. The molecule has 0 aliphatic carbocycles. The maximum Gasteiger partial charge on any atom is 0.220 e. The highest BCUT2D eigenvalue weighted by Gasteiger charge is 2.26. The van der Waals surface area contributed by atoms with Crippen LogP contribution in [0.15, 0.2) is 54.6 Å². The predicted molar refractivity (Wildman–Crippen MR) is 113 cm³/mol. The zero-order chi connectivity index (χ0) is 20.5. The molecule has 1 atom stereocenters. The van der Waals surface area contributed by atoms with Gasteiger partial charge in [0.15, 0.2) is 5.78 Å². The Bertz CT molecular complexity index is 784. The van der Waals surface area contributed by atoms with E-state index in [-0.39, 0.29) is 30.6 Å². The number of amides is 1. The minimum atomic E-state index is -0.0656. The molecule has 5 nitrogen and oxygen atoms in total. The van der Waals surface area contributed by atoms with Crippen molar-refractivity contribution < 1.29 is 19.2 Å². The van der Waals surface area contributed by atoms with Crippen LogP contribution in [-0.2, 0) is 4.79 Å². The van der Waals surface area contributed by atoms with Crippen molar-refractivity contribution in [2.45, 2.75) is 38.1 Å². The second-order valence-electron chi connectivity index (χ2n) is 7.64. The second-order valence-corrected chi connectivity index (χ2v) is 7.64. The number of hydrogen-bond acceptors (Lipinski definition) is 3. The van der Waals surface area contributed by atoms with Crippen LogP contribution in [0.1, 0.15) is 54.1 Å². The maximum absolute atomic E-state index is 12.4. The molecule has 0 spiro atoms. The number of rotatable bonds is 9. The second kappa shape index (κ2) is 10.8. The van der Waals surface area contributed by atoms with Crippen LogP contribution in [0, 0.1) is 0 Å². The smallest absolute Gasteiger partial charge is 0.220 e. The van der Waals surface area contributed by atoms with Gasteiger partial charge >= 0.3 is 0 Å². The number of nitrogens with one attached hydrogen (secondary N) is 2. The molecular weight excluding hydrogens is 364 g/mol. The average Bonchev–Trinajstić information content (AvgIpc) is 2.79. The summed E-state index contributed by atoms with van der Waals surface area (Å²) < 4.78 is 5.27. The predicted octanol–water partition coefficient (Wildman–Crippen LogP) is 2.58. The Kier molecular flexibility index (Phi) is 7.82. The van der Waals surface area contributed by atoms with E-state index in [9.17, 15) is 9.59 Å². The number of Topliss-reactive ketones (excluding diaryl/α,β-unsaturated/α-hetero) is 1. The molecule has 1 saturated heterocycles. The van der Waals surface area contributed by atoms with Crippen LogP contribution in [0.2, 0.25) is 0 Å². The van der Waals surface area contributed by atoms with Crippen LogP contribution in [0.5, 0.6) is 5.75 Å². The summed E-state index contributed by atoms with van der Waals surface area (Å²) in [6.45, 7) is 2.83. The number of ketones is 1. The highest BCUT2D eigenvalue weighted by molar-refractivity contribution is 5.97. The Morgan fingerprint density at radius 3 is 2.31 bits per heavy atom. The van der Waals surface area contributed by atoms with Crippen LogP contribution in [0.3, 0.4) is 0 Å². The number of quaternary nitrogens is 1. The third kappa shape index (κ3) is 6.16. The van der Waals surface area contributed by atoms with Gasteiger partial charge in [-0.25, -0.2) is 0 Å². The minimum absolute atomic E-state index is 0.00844. The first-order chi connectivity index (χ1) is 14.2. The lowest BCUT2D eigenvalue weighted by Crippen LogP contribution is -3.13. The fraction of sp³-hybridized carbons (Fsp3) is 0.417. The van der Waals surface area contributed by atoms with Crippen molar-refractivity contribution in [2.24, 2.45) is 0 Å². The van der Waals surface area contributed by atoms with Gasteiger partial charge in [0, 0.05) is 24.0 Å². The van der Waals surface area contributed by atoms with Crippen molar-refractivity contribution in [1.82, 2.24) is 5.32 Å². The van der Waals surface area contributed by atoms with Crippen LogP contribution in [0.25, 0.3) is 0 Å². The Labute approximate surface area is 173 Å². The van der Waals surface area contributed by atoms with E-state index in [2.05, 4.69) is 17.4 Å². The molecule has 5 heteroatoms. The topological polar surface area (TPSA) is 59.8 Å². The van der Waals surface area contributed by atoms with Gasteiger partial charge < -0.3 is 15.0 Å². The normalized spacial score (nSPS) is 15.5. The SMILES string of the molecule is COc1ccc([C@@H](CNC(=O)CCC(=O)c2ccccc2)[NH+]2CCCCC2)cc1. The molecule has 0 bridgehead atoms. The molecule has 29 heavy (non-hydrogen) atoms. The van der Waals surface area contributed by atoms with Crippen molar-refractivity contribution in [1.29, 1.82) is 0 Å². The summed E-state index contributed by atoms with van der Waals surface area (Å²) in [5, 5.41) is 3.07. The van der Waals surface area contributed by atoms with Gasteiger partial charge in [-0.3, -0.25) is 9.59 Å². The van der Waals surface area contributed by atoms with E-state index in [4.69, 9.17) is 4.74 Å².